The fraction of sp³-hybridized carbons (Fsp3) is 0.312. The summed E-state index contributed by atoms with van der Waals surface area (Å²) in [5.41, 5.74) is 0.480. The number of sulfonamides is 1. The molecule has 1 aromatic carbocycles. The van der Waals surface area contributed by atoms with Gasteiger partial charge in [0.1, 0.15) is 0 Å². The van der Waals surface area contributed by atoms with Gasteiger partial charge in [0.05, 0.1) is 13.2 Å². The van der Waals surface area contributed by atoms with Gasteiger partial charge in [0, 0.05) is 24.8 Å². The number of carbonyl (C=O) groups excluding carboxylic acids is 1. The minimum Gasteiger partial charge on any atom is -0.454 e. The molecule has 1 N–H and O–H groups in total. The Kier molecular flexibility index (Phi) is 4.31. The van der Waals surface area contributed by atoms with E-state index in [1.807, 2.05) is 0 Å². The molecular weight excluding hydrogens is 364 g/mol. The third kappa shape index (κ3) is 3.14. The van der Waals surface area contributed by atoms with E-state index in [1.165, 1.54) is 16.4 Å². The van der Waals surface area contributed by atoms with Gasteiger partial charge >= 0.3 is 0 Å². The normalized spacial score (nSPS) is 17.2. The molecule has 1 amide bonds. The first kappa shape index (κ1) is 16.9. The van der Waals surface area contributed by atoms with Crippen LogP contribution in [0.5, 0.6) is 11.5 Å². The molecule has 1 fully saturated rings. The van der Waals surface area contributed by atoms with E-state index in [2.05, 4.69) is 5.32 Å². The van der Waals surface area contributed by atoms with Gasteiger partial charge in [-0.15, -0.1) is 0 Å². The quantitative estimate of drug-likeness (QED) is 0.851. The Bertz CT molecular complexity index is 932. The van der Waals surface area contributed by atoms with Crippen LogP contribution >= 0.6 is 0 Å². The molecule has 0 atom stereocenters. The zero-order chi connectivity index (χ0) is 18.1. The standard InChI is InChI=1S/C16H16N2O7S/c19-16(17-11-1-2-12-14(9-11)24-10-23-12)13-3-4-15(25-13)26(20,21)18-5-7-22-8-6-18/h1-4,9H,5-8,10H2,(H,17,19). The number of ether oxygens (including phenoxy) is 3. The second-order valence-electron chi connectivity index (χ2n) is 5.66. The Morgan fingerprint density at radius 3 is 2.62 bits per heavy atom. The highest BCUT2D eigenvalue weighted by molar-refractivity contribution is 7.89. The lowest BCUT2D eigenvalue weighted by molar-refractivity contribution is 0.0723. The monoisotopic (exact) mass is 380 g/mol. The molecule has 3 heterocycles. The second-order valence-corrected chi connectivity index (χ2v) is 7.53. The highest BCUT2D eigenvalue weighted by Crippen LogP contribution is 2.34. The first-order chi connectivity index (χ1) is 12.5. The van der Waals surface area contributed by atoms with Crippen molar-refractivity contribution >= 4 is 21.6 Å². The fourth-order valence-electron chi connectivity index (χ4n) is 2.66. The van der Waals surface area contributed by atoms with E-state index in [4.69, 9.17) is 18.6 Å². The number of benzene rings is 1. The first-order valence-electron chi connectivity index (χ1n) is 7.93. The van der Waals surface area contributed by atoms with Crippen LogP contribution in [0.3, 0.4) is 0 Å². The van der Waals surface area contributed by atoms with Crippen molar-refractivity contribution in [3.05, 3.63) is 36.1 Å². The summed E-state index contributed by atoms with van der Waals surface area (Å²) >= 11 is 0. The predicted molar refractivity (Wildman–Crippen MR) is 88.8 cm³/mol. The summed E-state index contributed by atoms with van der Waals surface area (Å²) in [5, 5.41) is 2.37. The average molecular weight is 380 g/mol. The molecule has 0 aliphatic carbocycles. The van der Waals surface area contributed by atoms with E-state index >= 15 is 0 Å². The number of nitrogens with zero attached hydrogens (tertiary/aromatic N) is 1. The fourth-order valence-corrected chi connectivity index (χ4v) is 3.98. The first-order valence-corrected chi connectivity index (χ1v) is 9.37. The van der Waals surface area contributed by atoms with Crippen LogP contribution in [0.4, 0.5) is 5.69 Å². The van der Waals surface area contributed by atoms with Crippen molar-refractivity contribution in [2.75, 3.05) is 38.4 Å². The van der Waals surface area contributed by atoms with Gasteiger partial charge in [0.15, 0.2) is 17.3 Å². The summed E-state index contributed by atoms with van der Waals surface area (Å²) < 4.78 is 47.2. The van der Waals surface area contributed by atoms with Crippen molar-refractivity contribution in [2.24, 2.45) is 0 Å². The molecule has 4 rings (SSSR count). The van der Waals surface area contributed by atoms with Crippen LogP contribution in [-0.2, 0) is 14.8 Å². The maximum Gasteiger partial charge on any atom is 0.291 e. The SMILES string of the molecule is O=C(Nc1ccc2c(c1)OCO2)c1ccc(S(=O)(=O)N2CCOCC2)o1. The largest absolute Gasteiger partial charge is 0.454 e. The summed E-state index contributed by atoms with van der Waals surface area (Å²) in [7, 11) is -3.79. The molecule has 0 unspecified atom stereocenters. The van der Waals surface area contributed by atoms with E-state index in [-0.39, 0.29) is 30.7 Å². The van der Waals surface area contributed by atoms with Crippen LogP contribution in [0.15, 0.2) is 39.8 Å². The smallest absolute Gasteiger partial charge is 0.291 e. The number of amides is 1. The molecule has 0 bridgehead atoms. The minimum atomic E-state index is -3.79. The molecule has 2 aromatic rings. The van der Waals surface area contributed by atoms with Crippen LogP contribution in [0.2, 0.25) is 0 Å². The molecule has 2 aliphatic heterocycles. The van der Waals surface area contributed by atoms with Gasteiger partial charge < -0.3 is 23.9 Å². The summed E-state index contributed by atoms with van der Waals surface area (Å²) in [6.07, 6.45) is 0. The van der Waals surface area contributed by atoms with Crippen molar-refractivity contribution < 1.29 is 31.8 Å². The summed E-state index contributed by atoms with van der Waals surface area (Å²) in [4.78, 5) is 12.3. The number of carbonyl (C=O) groups is 1. The van der Waals surface area contributed by atoms with Gasteiger partial charge in [-0.2, -0.15) is 4.31 Å². The Balaban J connectivity index is 1.49. The number of hydrogen-bond acceptors (Lipinski definition) is 7. The molecule has 9 nitrogen and oxygen atoms in total. The van der Waals surface area contributed by atoms with E-state index in [0.29, 0.717) is 30.4 Å². The Morgan fingerprint density at radius 2 is 1.81 bits per heavy atom. The van der Waals surface area contributed by atoms with Gasteiger partial charge in [-0.05, 0) is 24.3 Å². The van der Waals surface area contributed by atoms with E-state index in [0.717, 1.165) is 0 Å². The number of rotatable bonds is 4. The predicted octanol–water partition coefficient (Wildman–Crippen LogP) is 1.28. The Labute approximate surface area is 149 Å². The number of furan rings is 1. The molecule has 0 saturated carbocycles. The van der Waals surface area contributed by atoms with Crippen LogP contribution in [0.1, 0.15) is 10.6 Å². The molecule has 10 heteroatoms. The van der Waals surface area contributed by atoms with Gasteiger partial charge in [0.2, 0.25) is 11.9 Å². The van der Waals surface area contributed by atoms with Crippen LogP contribution in [0.25, 0.3) is 0 Å². The molecule has 2 aliphatic rings. The summed E-state index contributed by atoms with van der Waals surface area (Å²) in [5.74, 6) is 0.458. The molecule has 0 spiro atoms. The third-order valence-electron chi connectivity index (χ3n) is 4.00. The van der Waals surface area contributed by atoms with Crippen molar-refractivity contribution in [3.63, 3.8) is 0 Å². The van der Waals surface area contributed by atoms with Crippen LogP contribution in [-0.4, -0.2) is 51.7 Å². The number of nitrogens with one attached hydrogen (secondary N) is 1. The zero-order valence-electron chi connectivity index (χ0n) is 13.6. The topological polar surface area (TPSA) is 107 Å². The molecule has 1 aromatic heterocycles. The molecule has 0 radical (unpaired) electrons. The molecule has 1 saturated heterocycles. The van der Waals surface area contributed by atoms with Crippen molar-refractivity contribution in [1.82, 2.24) is 4.31 Å². The Hall–Kier alpha value is -2.56. The van der Waals surface area contributed by atoms with Crippen LogP contribution in [0, 0.1) is 0 Å². The number of anilines is 1. The van der Waals surface area contributed by atoms with E-state index in [9.17, 15) is 13.2 Å². The highest BCUT2D eigenvalue weighted by Gasteiger charge is 2.30. The average Bonchev–Trinajstić information content (AvgIpc) is 3.32. The summed E-state index contributed by atoms with van der Waals surface area (Å²) in [6, 6.07) is 7.55. The van der Waals surface area contributed by atoms with Crippen molar-refractivity contribution in [2.45, 2.75) is 5.09 Å². The maximum absolute atomic E-state index is 12.5. The highest BCUT2D eigenvalue weighted by atomic mass is 32.2. The molecular formula is C16H16N2O7S. The van der Waals surface area contributed by atoms with E-state index < -0.39 is 15.9 Å². The third-order valence-corrected chi connectivity index (χ3v) is 5.77. The van der Waals surface area contributed by atoms with Crippen molar-refractivity contribution in [3.8, 4) is 11.5 Å². The van der Waals surface area contributed by atoms with Gasteiger partial charge in [-0.1, -0.05) is 0 Å². The zero-order valence-corrected chi connectivity index (χ0v) is 14.5. The van der Waals surface area contributed by atoms with Crippen molar-refractivity contribution in [1.29, 1.82) is 0 Å². The minimum absolute atomic E-state index is 0.102. The lowest BCUT2D eigenvalue weighted by Crippen LogP contribution is -2.40. The van der Waals surface area contributed by atoms with Gasteiger partial charge in [0.25, 0.3) is 15.9 Å². The van der Waals surface area contributed by atoms with Gasteiger partial charge in [-0.3, -0.25) is 4.79 Å². The molecule has 26 heavy (non-hydrogen) atoms. The number of morpholine rings is 1. The van der Waals surface area contributed by atoms with Gasteiger partial charge in [-0.25, -0.2) is 8.42 Å². The lowest BCUT2D eigenvalue weighted by Gasteiger charge is -2.24. The lowest BCUT2D eigenvalue weighted by atomic mass is 10.2. The second kappa shape index (κ2) is 6.63. The van der Waals surface area contributed by atoms with E-state index in [1.54, 1.807) is 18.2 Å². The summed E-state index contributed by atoms with van der Waals surface area (Å²) in [6.45, 7) is 1.30. The number of fused-ring (bicyclic) bond motifs is 1. The molecule has 138 valence electrons. The number of hydrogen-bond donors (Lipinski definition) is 1. The Morgan fingerprint density at radius 1 is 1.04 bits per heavy atom. The van der Waals surface area contributed by atoms with Crippen LogP contribution < -0.4 is 14.8 Å². The maximum atomic E-state index is 12.5.